The van der Waals surface area contributed by atoms with Gasteiger partial charge in [0.1, 0.15) is 0 Å². The zero-order valence-corrected chi connectivity index (χ0v) is 15.2. The Bertz CT molecular complexity index is 675. The number of piperidine rings is 2. The summed E-state index contributed by atoms with van der Waals surface area (Å²) < 4.78 is 5.51. The second-order valence-corrected chi connectivity index (χ2v) is 7.58. The molecule has 134 valence electrons. The third-order valence-corrected chi connectivity index (χ3v) is 5.50. The van der Waals surface area contributed by atoms with E-state index in [4.69, 9.17) is 4.52 Å². The largest absolute Gasteiger partial charge is 0.372 e. The van der Waals surface area contributed by atoms with E-state index in [-0.39, 0.29) is 0 Å². The molecule has 5 nitrogen and oxygen atoms in total. The molecule has 3 heterocycles. The van der Waals surface area contributed by atoms with Gasteiger partial charge in [-0.25, -0.2) is 0 Å². The molecule has 2 fully saturated rings. The smallest absolute Gasteiger partial charge is 0.227 e. The van der Waals surface area contributed by atoms with E-state index < -0.39 is 0 Å². The van der Waals surface area contributed by atoms with Gasteiger partial charge >= 0.3 is 0 Å². The summed E-state index contributed by atoms with van der Waals surface area (Å²) in [6.45, 7) is 4.67. The third kappa shape index (κ3) is 4.03. The summed E-state index contributed by atoms with van der Waals surface area (Å²) in [6.07, 6.45) is 7.37. The summed E-state index contributed by atoms with van der Waals surface area (Å²) in [6, 6.07) is 8.61. The molecule has 0 radical (unpaired) electrons. The molecule has 0 bridgehead atoms. The minimum Gasteiger partial charge on any atom is -0.372 e. The Morgan fingerprint density at radius 3 is 2.60 bits per heavy atom. The first-order valence-corrected chi connectivity index (χ1v) is 9.64. The summed E-state index contributed by atoms with van der Waals surface area (Å²) in [5, 5.41) is 4.20. The van der Waals surface area contributed by atoms with E-state index in [1.165, 1.54) is 57.4 Å². The molecule has 2 aromatic rings. The number of aromatic nitrogens is 2. The number of anilines is 1. The predicted octanol–water partition coefficient (Wildman–Crippen LogP) is 3.61. The Morgan fingerprint density at radius 1 is 1.04 bits per heavy atom. The highest BCUT2D eigenvalue weighted by molar-refractivity contribution is 5.60. The molecular formula is C20H28N4O. The third-order valence-electron chi connectivity index (χ3n) is 5.50. The van der Waals surface area contributed by atoms with Crippen molar-refractivity contribution in [3.63, 3.8) is 0 Å². The van der Waals surface area contributed by atoms with Crippen molar-refractivity contribution in [1.29, 1.82) is 0 Å². The highest BCUT2D eigenvalue weighted by atomic mass is 16.5. The summed E-state index contributed by atoms with van der Waals surface area (Å²) >= 11 is 0. The molecule has 0 amide bonds. The van der Waals surface area contributed by atoms with E-state index in [1.807, 2.05) is 0 Å². The molecule has 1 aromatic heterocycles. The maximum atomic E-state index is 5.51. The lowest BCUT2D eigenvalue weighted by Gasteiger charge is -2.28. The van der Waals surface area contributed by atoms with Crippen LogP contribution < -0.4 is 4.90 Å². The van der Waals surface area contributed by atoms with Gasteiger partial charge in [0, 0.05) is 37.3 Å². The van der Waals surface area contributed by atoms with Crippen molar-refractivity contribution in [2.75, 3.05) is 38.1 Å². The van der Waals surface area contributed by atoms with Gasteiger partial charge in [0.25, 0.3) is 0 Å². The van der Waals surface area contributed by atoms with Gasteiger partial charge in [0.05, 0.1) is 0 Å². The second kappa shape index (κ2) is 7.56. The number of rotatable bonds is 4. The Labute approximate surface area is 150 Å². The molecule has 1 unspecified atom stereocenters. The fourth-order valence-electron chi connectivity index (χ4n) is 4.12. The molecule has 0 saturated carbocycles. The van der Waals surface area contributed by atoms with Crippen molar-refractivity contribution in [1.82, 2.24) is 15.0 Å². The van der Waals surface area contributed by atoms with Crippen molar-refractivity contribution >= 4 is 5.69 Å². The molecule has 1 atom stereocenters. The van der Waals surface area contributed by atoms with E-state index in [9.17, 15) is 0 Å². The van der Waals surface area contributed by atoms with Gasteiger partial charge in [-0.1, -0.05) is 5.16 Å². The minimum atomic E-state index is 0.633. The van der Waals surface area contributed by atoms with Gasteiger partial charge in [-0.05, 0) is 75.9 Å². The van der Waals surface area contributed by atoms with Gasteiger partial charge in [-0.15, -0.1) is 0 Å². The number of hydrogen-bond acceptors (Lipinski definition) is 5. The van der Waals surface area contributed by atoms with Crippen molar-refractivity contribution in [3.8, 4) is 11.4 Å². The van der Waals surface area contributed by atoms with Crippen LogP contribution in [0.1, 0.15) is 38.0 Å². The highest BCUT2D eigenvalue weighted by Gasteiger charge is 2.20. The minimum absolute atomic E-state index is 0.633. The number of benzene rings is 1. The highest BCUT2D eigenvalue weighted by Crippen LogP contribution is 2.25. The molecule has 1 aromatic carbocycles. The van der Waals surface area contributed by atoms with Crippen LogP contribution in [0.15, 0.2) is 28.8 Å². The molecule has 2 aliphatic heterocycles. The van der Waals surface area contributed by atoms with Crippen LogP contribution in [0, 0.1) is 5.92 Å². The van der Waals surface area contributed by atoms with Crippen LogP contribution in [0.2, 0.25) is 0 Å². The van der Waals surface area contributed by atoms with Crippen molar-refractivity contribution in [3.05, 3.63) is 30.2 Å². The summed E-state index contributed by atoms with van der Waals surface area (Å²) in [5.41, 5.74) is 2.34. The first-order chi connectivity index (χ1) is 12.3. The zero-order valence-electron chi connectivity index (χ0n) is 15.2. The molecule has 0 spiro atoms. The van der Waals surface area contributed by atoms with E-state index in [0.29, 0.717) is 11.7 Å². The normalized spacial score (nSPS) is 22.3. The zero-order chi connectivity index (χ0) is 17.1. The van der Waals surface area contributed by atoms with Gasteiger partial charge in [0.2, 0.25) is 11.7 Å². The fourth-order valence-corrected chi connectivity index (χ4v) is 4.12. The van der Waals surface area contributed by atoms with Crippen molar-refractivity contribution < 1.29 is 4.52 Å². The van der Waals surface area contributed by atoms with Gasteiger partial charge in [0.15, 0.2) is 0 Å². The van der Waals surface area contributed by atoms with Gasteiger partial charge < -0.3 is 14.3 Å². The van der Waals surface area contributed by atoms with Crippen LogP contribution in [0.3, 0.4) is 0 Å². The fraction of sp³-hybridized carbons (Fsp3) is 0.600. The maximum Gasteiger partial charge on any atom is 0.227 e. The Morgan fingerprint density at radius 2 is 1.84 bits per heavy atom. The monoisotopic (exact) mass is 340 g/mol. The van der Waals surface area contributed by atoms with E-state index in [0.717, 1.165) is 24.4 Å². The molecule has 2 saturated heterocycles. The van der Waals surface area contributed by atoms with Crippen LogP contribution in [0.25, 0.3) is 11.4 Å². The Hall–Kier alpha value is -1.88. The Kier molecular flexibility index (Phi) is 5.02. The molecule has 4 rings (SSSR count). The maximum absolute atomic E-state index is 5.51. The van der Waals surface area contributed by atoms with E-state index in [2.05, 4.69) is 51.3 Å². The van der Waals surface area contributed by atoms with Crippen LogP contribution in [-0.4, -0.2) is 48.3 Å². The molecule has 0 N–H and O–H groups in total. The predicted molar refractivity (Wildman–Crippen MR) is 99.7 cm³/mol. The summed E-state index contributed by atoms with van der Waals surface area (Å²) in [7, 11) is 2.19. The SMILES string of the molecule is CN1CCCC(Cc2nc(-c3ccc(N4CCCCC4)cc3)no2)C1. The number of nitrogens with zero attached hydrogens (tertiary/aromatic N) is 4. The summed E-state index contributed by atoms with van der Waals surface area (Å²) in [5.74, 6) is 2.12. The van der Waals surface area contributed by atoms with Gasteiger partial charge in [-0.2, -0.15) is 4.98 Å². The Balaban J connectivity index is 1.41. The standard InChI is InChI=1S/C20H28N4O/c1-23-11-5-6-16(15-23)14-19-21-20(22-25-19)17-7-9-18(10-8-17)24-12-3-2-4-13-24/h7-10,16H,2-6,11-15H2,1H3. The lowest BCUT2D eigenvalue weighted by molar-refractivity contribution is 0.199. The van der Waals surface area contributed by atoms with Crippen molar-refractivity contribution in [2.24, 2.45) is 5.92 Å². The second-order valence-electron chi connectivity index (χ2n) is 7.58. The first-order valence-electron chi connectivity index (χ1n) is 9.64. The molecule has 25 heavy (non-hydrogen) atoms. The van der Waals surface area contributed by atoms with Crippen LogP contribution in [0.5, 0.6) is 0 Å². The molecular weight excluding hydrogens is 312 g/mol. The average Bonchev–Trinajstić information content (AvgIpc) is 3.11. The molecule has 2 aliphatic rings. The topological polar surface area (TPSA) is 45.4 Å². The molecule has 5 heteroatoms. The summed E-state index contributed by atoms with van der Waals surface area (Å²) in [4.78, 5) is 9.49. The van der Waals surface area contributed by atoms with Gasteiger partial charge in [-0.3, -0.25) is 0 Å². The number of hydrogen-bond donors (Lipinski definition) is 0. The van der Waals surface area contributed by atoms with E-state index >= 15 is 0 Å². The lowest BCUT2D eigenvalue weighted by Crippen LogP contribution is -2.33. The van der Waals surface area contributed by atoms with E-state index in [1.54, 1.807) is 0 Å². The number of likely N-dealkylation sites (tertiary alicyclic amines) is 1. The van der Waals surface area contributed by atoms with Crippen molar-refractivity contribution in [2.45, 2.75) is 38.5 Å². The average molecular weight is 340 g/mol. The first kappa shape index (κ1) is 16.6. The quantitative estimate of drug-likeness (QED) is 0.851. The molecule has 0 aliphatic carbocycles. The van der Waals surface area contributed by atoms with Crippen LogP contribution >= 0.6 is 0 Å². The van der Waals surface area contributed by atoms with Crippen LogP contribution in [-0.2, 0) is 6.42 Å². The van der Waals surface area contributed by atoms with Crippen LogP contribution in [0.4, 0.5) is 5.69 Å². The lowest BCUT2D eigenvalue weighted by atomic mass is 9.95.